The Hall–Kier alpha value is -3.10. The summed E-state index contributed by atoms with van der Waals surface area (Å²) in [4.78, 5) is 17.6. The van der Waals surface area contributed by atoms with Crippen molar-refractivity contribution in [1.82, 2.24) is 5.32 Å². The van der Waals surface area contributed by atoms with Crippen LogP contribution in [-0.2, 0) is 16.9 Å². The molecular formula is C27H23F3N2O2S. The summed E-state index contributed by atoms with van der Waals surface area (Å²) >= 11 is 1.43. The van der Waals surface area contributed by atoms with Gasteiger partial charge in [-0.15, -0.1) is 0 Å². The first kappa shape index (κ1) is 23.6. The van der Waals surface area contributed by atoms with E-state index in [4.69, 9.17) is 9.73 Å². The molecule has 4 nitrogen and oxygen atoms in total. The van der Waals surface area contributed by atoms with Gasteiger partial charge in [0, 0.05) is 29.2 Å². The molecule has 0 saturated heterocycles. The number of amides is 1. The van der Waals surface area contributed by atoms with E-state index >= 15 is 4.39 Å². The summed E-state index contributed by atoms with van der Waals surface area (Å²) in [7, 11) is 0. The minimum absolute atomic E-state index is 0.0169. The van der Waals surface area contributed by atoms with Crippen LogP contribution in [0.5, 0.6) is 0 Å². The minimum Gasteiger partial charge on any atom is -0.373 e. The SMILES string of the molecule is O=C(NC1=N[C@@]2(c3ccccc3F)C[C@H](OCc3ccc(F)c(F)c3)C[C@H]2CS1)c1ccccc1. The number of carbonyl (C=O) groups is 1. The summed E-state index contributed by atoms with van der Waals surface area (Å²) in [5, 5.41) is 3.32. The van der Waals surface area contributed by atoms with Gasteiger partial charge in [0.1, 0.15) is 5.82 Å². The predicted molar refractivity (Wildman–Crippen MR) is 130 cm³/mol. The number of fused-ring (bicyclic) bond motifs is 1. The van der Waals surface area contributed by atoms with Gasteiger partial charge in [-0.05, 0) is 42.3 Å². The van der Waals surface area contributed by atoms with Gasteiger partial charge in [-0.25, -0.2) is 13.2 Å². The van der Waals surface area contributed by atoms with Gasteiger partial charge in [0.2, 0.25) is 0 Å². The van der Waals surface area contributed by atoms with Gasteiger partial charge in [-0.2, -0.15) is 0 Å². The lowest BCUT2D eigenvalue weighted by atomic mass is 9.81. The first-order valence-electron chi connectivity index (χ1n) is 11.3. The monoisotopic (exact) mass is 496 g/mol. The smallest absolute Gasteiger partial charge is 0.257 e. The number of hydrogen-bond donors (Lipinski definition) is 1. The van der Waals surface area contributed by atoms with Crippen molar-refractivity contribution in [3.8, 4) is 0 Å². The van der Waals surface area contributed by atoms with Crippen LogP contribution in [0.2, 0.25) is 0 Å². The van der Waals surface area contributed by atoms with E-state index in [1.54, 1.807) is 42.5 Å². The van der Waals surface area contributed by atoms with Crippen molar-refractivity contribution >= 4 is 22.8 Å². The maximum absolute atomic E-state index is 15.0. The van der Waals surface area contributed by atoms with Crippen molar-refractivity contribution in [1.29, 1.82) is 0 Å². The highest BCUT2D eigenvalue weighted by molar-refractivity contribution is 8.13. The van der Waals surface area contributed by atoms with Gasteiger partial charge in [0.15, 0.2) is 16.8 Å². The van der Waals surface area contributed by atoms with E-state index in [1.807, 2.05) is 6.07 Å². The molecule has 0 aromatic heterocycles. The van der Waals surface area contributed by atoms with Crippen molar-refractivity contribution < 1.29 is 22.7 Å². The number of amidine groups is 1. The maximum atomic E-state index is 15.0. The number of aliphatic imine (C=N–C) groups is 1. The standard InChI is InChI=1S/C27H23F3N2O2S/c28-22-9-5-4-8-21(22)27-14-20(34-15-17-10-11-23(29)24(30)12-17)13-19(27)16-35-26(32-27)31-25(33)18-6-2-1-3-7-18/h1-12,19-20H,13-16H2,(H,31,32,33)/t19-,20+,27-/m0/s1. The molecular weight excluding hydrogens is 473 g/mol. The Kier molecular flexibility index (Phi) is 6.67. The number of thioether (sulfide) groups is 1. The molecule has 3 atom stereocenters. The van der Waals surface area contributed by atoms with E-state index in [0.717, 1.165) is 12.1 Å². The van der Waals surface area contributed by atoms with Crippen LogP contribution in [0.15, 0.2) is 77.8 Å². The normalized spacial score (nSPS) is 23.5. The fraction of sp³-hybridized carbons (Fsp3) is 0.259. The fourth-order valence-corrected chi connectivity index (χ4v) is 6.00. The molecule has 2 aliphatic rings. The van der Waals surface area contributed by atoms with Crippen LogP contribution in [0, 0.1) is 23.4 Å². The molecule has 1 heterocycles. The van der Waals surface area contributed by atoms with Crippen LogP contribution in [0.4, 0.5) is 13.2 Å². The number of nitrogens with zero attached hydrogens (tertiary/aromatic N) is 1. The van der Waals surface area contributed by atoms with Crippen molar-refractivity contribution in [3.05, 3.63) is 107 Å². The Morgan fingerprint density at radius 2 is 1.77 bits per heavy atom. The lowest BCUT2D eigenvalue weighted by molar-refractivity contribution is 0.0405. The van der Waals surface area contributed by atoms with Crippen molar-refractivity contribution in [2.75, 3.05) is 5.75 Å². The zero-order chi connectivity index (χ0) is 24.4. The molecule has 5 rings (SSSR count). The highest BCUT2D eigenvalue weighted by Crippen LogP contribution is 2.52. The molecule has 180 valence electrons. The third-order valence-corrected chi connectivity index (χ3v) is 7.59. The Morgan fingerprint density at radius 1 is 1.00 bits per heavy atom. The van der Waals surface area contributed by atoms with Gasteiger partial charge >= 0.3 is 0 Å². The van der Waals surface area contributed by atoms with Crippen LogP contribution in [0.1, 0.15) is 34.3 Å². The molecule has 35 heavy (non-hydrogen) atoms. The number of nitrogens with one attached hydrogen (secondary N) is 1. The lowest BCUT2D eigenvalue weighted by Gasteiger charge is -2.36. The van der Waals surface area contributed by atoms with Crippen molar-refractivity contribution in [3.63, 3.8) is 0 Å². The largest absolute Gasteiger partial charge is 0.373 e. The molecule has 1 amide bonds. The molecule has 1 aliphatic carbocycles. The summed E-state index contributed by atoms with van der Waals surface area (Å²) in [6.45, 7) is 0.108. The quantitative estimate of drug-likeness (QED) is 0.484. The zero-order valence-corrected chi connectivity index (χ0v) is 19.5. The predicted octanol–water partition coefficient (Wildman–Crippen LogP) is 5.83. The second kappa shape index (κ2) is 9.87. The van der Waals surface area contributed by atoms with Gasteiger partial charge in [0.05, 0.1) is 18.2 Å². The summed E-state index contributed by atoms with van der Waals surface area (Å²) in [6, 6.07) is 19.1. The molecule has 3 aromatic rings. The number of carbonyl (C=O) groups excluding carboxylic acids is 1. The Morgan fingerprint density at radius 3 is 2.54 bits per heavy atom. The van der Waals surface area contributed by atoms with E-state index < -0.39 is 17.2 Å². The third-order valence-electron chi connectivity index (χ3n) is 6.55. The van der Waals surface area contributed by atoms with E-state index in [9.17, 15) is 13.6 Å². The number of benzene rings is 3. The Labute approximate surface area is 205 Å². The summed E-state index contributed by atoms with van der Waals surface area (Å²) in [5.74, 6) is -1.85. The lowest BCUT2D eigenvalue weighted by Crippen LogP contribution is -2.40. The highest BCUT2D eigenvalue weighted by atomic mass is 32.2. The van der Waals surface area contributed by atoms with Gasteiger partial charge in [0.25, 0.3) is 5.91 Å². The molecule has 1 aliphatic heterocycles. The van der Waals surface area contributed by atoms with Gasteiger partial charge in [-0.3, -0.25) is 9.79 Å². The molecule has 1 fully saturated rings. The molecule has 3 aromatic carbocycles. The Balaban J connectivity index is 1.41. The van der Waals surface area contributed by atoms with Crippen molar-refractivity contribution in [2.24, 2.45) is 10.9 Å². The molecule has 8 heteroatoms. The minimum atomic E-state index is -0.922. The zero-order valence-electron chi connectivity index (χ0n) is 18.7. The molecule has 0 spiro atoms. The molecule has 1 saturated carbocycles. The second-order valence-electron chi connectivity index (χ2n) is 8.77. The van der Waals surface area contributed by atoms with Gasteiger partial charge in [-0.1, -0.05) is 54.2 Å². The average molecular weight is 497 g/mol. The first-order valence-corrected chi connectivity index (χ1v) is 12.3. The number of hydrogen-bond acceptors (Lipinski definition) is 4. The topological polar surface area (TPSA) is 50.7 Å². The van der Waals surface area contributed by atoms with E-state index in [-0.39, 0.29) is 30.4 Å². The molecule has 0 radical (unpaired) electrons. The second-order valence-corrected chi connectivity index (χ2v) is 9.78. The number of rotatable bonds is 5. The van der Waals surface area contributed by atoms with Gasteiger partial charge < -0.3 is 10.1 Å². The number of halogens is 3. The average Bonchev–Trinajstić information content (AvgIpc) is 3.24. The summed E-state index contributed by atoms with van der Waals surface area (Å²) < 4.78 is 48.0. The van der Waals surface area contributed by atoms with E-state index in [1.165, 1.54) is 23.9 Å². The molecule has 0 unspecified atom stereocenters. The Bertz CT molecular complexity index is 1270. The first-order chi connectivity index (χ1) is 16.9. The van der Waals surface area contributed by atoms with Crippen LogP contribution >= 0.6 is 11.8 Å². The van der Waals surface area contributed by atoms with Crippen LogP contribution in [0.25, 0.3) is 0 Å². The van der Waals surface area contributed by atoms with E-state index in [0.29, 0.717) is 40.5 Å². The summed E-state index contributed by atoms with van der Waals surface area (Å²) in [6.07, 6.45) is 0.781. The highest BCUT2D eigenvalue weighted by Gasteiger charge is 2.52. The summed E-state index contributed by atoms with van der Waals surface area (Å²) in [5.41, 5.74) is 0.606. The van der Waals surface area contributed by atoms with Crippen LogP contribution < -0.4 is 5.32 Å². The molecule has 0 bridgehead atoms. The molecule has 1 N–H and O–H groups in total. The van der Waals surface area contributed by atoms with Crippen LogP contribution in [-0.4, -0.2) is 22.9 Å². The fourth-order valence-electron chi connectivity index (χ4n) is 4.84. The van der Waals surface area contributed by atoms with Crippen molar-refractivity contribution in [2.45, 2.75) is 31.1 Å². The van der Waals surface area contributed by atoms with Crippen LogP contribution in [0.3, 0.4) is 0 Å². The maximum Gasteiger partial charge on any atom is 0.257 e. The third kappa shape index (κ3) is 4.86. The van der Waals surface area contributed by atoms with E-state index in [2.05, 4.69) is 5.32 Å². The number of ether oxygens (including phenoxy) is 1.